The maximum atomic E-state index is 12.0. The highest BCUT2D eigenvalue weighted by Gasteiger charge is 2.20. The summed E-state index contributed by atoms with van der Waals surface area (Å²) in [5.41, 5.74) is 12.3. The van der Waals surface area contributed by atoms with E-state index in [1.54, 1.807) is 24.3 Å². The Balaban J connectivity index is 2.81. The molecule has 0 aliphatic rings. The van der Waals surface area contributed by atoms with Crippen LogP contribution in [0.5, 0.6) is 0 Å². The van der Waals surface area contributed by atoms with Crippen molar-refractivity contribution in [2.45, 2.75) is 32.7 Å². The van der Waals surface area contributed by atoms with E-state index >= 15 is 0 Å². The monoisotopic (exact) mass is 263 g/mol. The summed E-state index contributed by atoms with van der Waals surface area (Å²) in [6, 6.07) is 6.51. The lowest BCUT2D eigenvalue weighted by molar-refractivity contribution is -0.119. The van der Waals surface area contributed by atoms with E-state index in [1.165, 1.54) is 0 Å². The van der Waals surface area contributed by atoms with Crippen LogP contribution in [0, 0.1) is 5.92 Å². The number of anilines is 1. The van der Waals surface area contributed by atoms with Crippen molar-refractivity contribution in [3.8, 4) is 0 Å². The first-order valence-electron chi connectivity index (χ1n) is 6.38. The molecule has 2 unspecified atom stereocenters. The highest BCUT2D eigenvalue weighted by molar-refractivity contribution is 5.96. The molecule has 2 atom stereocenters. The van der Waals surface area contributed by atoms with Gasteiger partial charge in [-0.15, -0.1) is 0 Å². The second kappa shape index (κ2) is 6.89. The van der Waals surface area contributed by atoms with Crippen molar-refractivity contribution in [1.29, 1.82) is 0 Å². The number of carbonyl (C=O) groups is 2. The van der Waals surface area contributed by atoms with E-state index in [9.17, 15) is 9.59 Å². The van der Waals surface area contributed by atoms with E-state index in [1.807, 2.05) is 13.8 Å². The zero-order valence-corrected chi connectivity index (χ0v) is 11.3. The van der Waals surface area contributed by atoms with Gasteiger partial charge in [-0.1, -0.05) is 38.5 Å². The number of amides is 2. The fourth-order valence-electron chi connectivity index (χ4n) is 1.71. The molecular weight excluding hydrogens is 242 g/mol. The molecule has 0 bridgehead atoms. The fraction of sp³-hybridized carbons (Fsp3) is 0.429. The quantitative estimate of drug-likeness (QED) is 0.714. The van der Waals surface area contributed by atoms with Crippen molar-refractivity contribution >= 4 is 17.5 Å². The molecule has 5 nitrogen and oxygen atoms in total. The van der Waals surface area contributed by atoms with Crippen molar-refractivity contribution in [3.63, 3.8) is 0 Å². The molecule has 0 aliphatic heterocycles. The Labute approximate surface area is 113 Å². The second-order valence-electron chi connectivity index (χ2n) is 4.70. The minimum Gasteiger partial charge on any atom is -0.369 e. The minimum absolute atomic E-state index is 0.0923. The van der Waals surface area contributed by atoms with Crippen molar-refractivity contribution in [1.82, 2.24) is 0 Å². The lowest BCUT2D eigenvalue weighted by Crippen LogP contribution is -2.40. The molecule has 0 aliphatic carbocycles. The summed E-state index contributed by atoms with van der Waals surface area (Å²) in [7, 11) is 0. The first-order valence-corrected chi connectivity index (χ1v) is 6.38. The third kappa shape index (κ3) is 4.37. The molecule has 5 N–H and O–H groups in total. The summed E-state index contributed by atoms with van der Waals surface area (Å²) in [6.07, 6.45) is 0.923. The molecule has 104 valence electrons. The van der Waals surface area contributed by atoms with Crippen LogP contribution in [0.15, 0.2) is 24.3 Å². The lowest BCUT2D eigenvalue weighted by Gasteiger charge is -2.18. The molecule has 2 amide bonds. The Morgan fingerprint density at radius 3 is 2.53 bits per heavy atom. The maximum absolute atomic E-state index is 12.0. The number of carbonyl (C=O) groups excluding carboxylic acids is 2. The predicted octanol–water partition coefficient (Wildman–Crippen LogP) is 1.03. The third-order valence-electron chi connectivity index (χ3n) is 3.20. The first kappa shape index (κ1) is 15.2. The fourth-order valence-corrected chi connectivity index (χ4v) is 1.71. The molecule has 0 saturated carbocycles. The molecule has 1 aromatic carbocycles. The van der Waals surface area contributed by atoms with E-state index in [4.69, 9.17) is 11.5 Å². The smallest absolute Gasteiger partial charge is 0.241 e. The Hall–Kier alpha value is -1.88. The zero-order valence-electron chi connectivity index (χ0n) is 11.3. The van der Waals surface area contributed by atoms with E-state index in [0.29, 0.717) is 11.3 Å². The van der Waals surface area contributed by atoms with Gasteiger partial charge < -0.3 is 16.8 Å². The van der Waals surface area contributed by atoms with Gasteiger partial charge in [-0.25, -0.2) is 0 Å². The van der Waals surface area contributed by atoms with Crippen molar-refractivity contribution in [3.05, 3.63) is 29.8 Å². The van der Waals surface area contributed by atoms with E-state index in [0.717, 1.165) is 6.42 Å². The zero-order chi connectivity index (χ0) is 14.4. The molecular formula is C14H21N3O2. The number of primary amides is 1. The van der Waals surface area contributed by atoms with Crippen LogP contribution < -0.4 is 16.8 Å². The Bertz CT molecular complexity index is 460. The largest absolute Gasteiger partial charge is 0.369 e. The summed E-state index contributed by atoms with van der Waals surface area (Å²) in [4.78, 5) is 23.0. The van der Waals surface area contributed by atoms with E-state index in [2.05, 4.69) is 5.32 Å². The summed E-state index contributed by atoms with van der Waals surface area (Å²) in [5, 5.41) is 2.76. The summed E-state index contributed by atoms with van der Waals surface area (Å²) < 4.78 is 0. The molecule has 1 rings (SSSR count). The Morgan fingerprint density at radius 1 is 1.32 bits per heavy atom. The first-order chi connectivity index (χ1) is 8.95. The molecule has 19 heavy (non-hydrogen) atoms. The van der Waals surface area contributed by atoms with Crippen LogP contribution in [0.1, 0.15) is 25.8 Å². The second-order valence-corrected chi connectivity index (χ2v) is 4.70. The van der Waals surface area contributed by atoms with Gasteiger partial charge in [0.1, 0.15) is 0 Å². The van der Waals surface area contributed by atoms with Gasteiger partial charge in [0.25, 0.3) is 0 Å². The number of nitrogens with one attached hydrogen (secondary N) is 1. The third-order valence-corrected chi connectivity index (χ3v) is 3.20. The SMILES string of the molecule is CCC(C)C(N)C(=O)Nc1ccccc1CC(N)=O. The number of hydrogen-bond acceptors (Lipinski definition) is 3. The van der Waals surface area contributed by atoms with Crippen LogP contribution in [0.3, 0.4) is 0 Å². The van der Waals surface area contributed by atoms with Gasteiger partial charge in [0.2, 0.25) is 11.8 Å². The van der Waals surface area contributed by atoms with Crippen LogP contribution >= 0.6 is 0 Å². The van der Waals surface area contributed by atoms with Gasteiger partial charge in [-0.3, -0.25) is 9.59 Å². The van der Waals surface area contributed by atoms with Crippen molar-refractivity contribution in [2.75, 3.05) is 5.32 Å². The maximum Gasteiger partial charge on any atom is 0.241 e. The number of hydrogen-bond donors (Lipinski definition) is 3. The molecule has 5 heteroatoms. The van der Waals surface area contributed by atoms with Gasteiger partial charge in [-0.2, -0.15) is 0 Å². The molecule has 0 fully saturated rings. The summed E-state index contributed by atoms with van der Waals surface area (Å²) in [6.45, 7) is 3.92. The number of para-hydroxylation sites is 1. The number of benzene rings is 1. The number of nitrogens with two attached hydrogens (primary N) is 2. The summed E-state index contributed by atoms with van der Waals surface area (Å²) in [5.74, 6) is -0.581. The highest BCUT2D eigenvalue weighted by Crippen LogP contribution is 2.17. The molecule has 0 spiro atoms. The topological polar surface area (TPSA) is 98.2 Å². The highest BCUT2D eigenvalue weighted by atomic mass is 16.2. The van der Waals surface area contributed by atoms with Gasteiger partial charge in [0.15, 0.2) is 0 Å². The average Bonchev–Trinajstić information content (AvgIpc) is 2.38. The normalized spacial score (nSPS) is 13.6. The van der Waals surface area contributed by atoms with Crippen molar-refractivity contribution < 1.29 is 9.59 Å². The molecule has 0 saturated heterocycles. The van der Waals surface area contributed by atoms with Crippen molar-refractivity contribution in [2.24, 2.45) is 17.4 Å². The average molecular weight is 263 g/mol. The van der Waals surface area contributed by atoms with Gasteiger partial charge in [0, 0.05) is 5.69 Å². The Kier molecular flexibility index (Phi) is 5.51. The summed E-state index contributed by atoms with van der Waals surface area (Å²) >= 11 is 0. The standard InChI is InChI=1S/C14H21N3O2/c1-3-9(2)13(16)14(19)17-11-7-5-4-6-10(11)8-12(15)18/h4-7,9,13H,3,8,16H2,1-2H3,(H2,15,18)(H,17,19). The molecule has 0 radical (unpaired) electrons. The van der Waals surface area contributed by atoms with Gasteiger partial charge >= 0.3 is 0 Å². The van der Waals surface area contributed by atoms with Crippen LogP contribution in [0.25, 0.3) is 0 Å². The van der Waals surface area contributed by atoms with Crippen LogP contribution in [0.4, 0.5) is 5.69 Å². The van der Waals surface area contributed by atoms with Crippen LogP contribution in [-0.2, 0) is 16.0 Å². The van der Waals surface area contributed by atoms with Gasteiger partial charge in [-0.05, 0) is 17.5 Å². The van der Waals surface area contributed by atoms with Crippen LogP contribution in [-0.4, -0.2) is 17.9 Å². The Morgan fingerprint density at radius 2 is 1.95 bits per heavy atom. The predicted molar refractivity (Wildman–Crippen MR) is 75.4 cm³/mol. The van der Waals surface area contributed by atoms with Crippen LogP contribution in [0.2, 0.25) is 0 Å². The van der Waals surface area contributed by atoms with E-state index < -0.39 is 11.9 Å². The van der Waals surface area contributed by atoms with Gasteiger partial charge in [0.05, 0.1) is 12.5 Å². The number of rotatable bonds is 6. The molecule has 0 heterocycles. The minimum atomic E-state index is -0.563. The lowest BCUT2D eigenvalue weighted by atomic mass is 9.99. The molecule has 0 aromatic heterocycles. The molecule has 1 aromatic rings. The van der Waals surface area contributed by atoms with E-state index in [-0.39, 0.29) is 18.2 Å².